The van der Waals surface area contributed by atoms with E-state index in [-0.39, 0.29) is 17.0 Å². The summed E-state index contributed by atoms with van der Waals surface area (Å²) in [5.41, 5.74) is 3.17. The van der Waals surface area contributed by atoms with Crippen LogP contribution in [0.25, 0.3) is 0 Å². The highest BCUT2D eigenvalue weighted by Crippen LogP contribution is 1.95. The number of halogens is 1. The summed E-state index contributed by atoms with van der Waals surface area (Å²) in [6, 6.07) is 0. The van der Waals surface area contributed by atoms with E-state index in [9.17, 15) is 0 Å². The second kappa shape index (κ2) is 4.17. The Morgan fingerprint density at radius 1 is 1.12 bits per heavy atom. The van der Waals surface area contributed by atoms with E-state index < -0.39 is 8.07 Å². The first-order valence-electron chi connectivity index (χ1n) is 2.50. The molecule has 0 aromatic carbocycles. The van der Waals surface area contributed by atoms with Gasteiger partial charge in [-0.3, -0.25) is 0 Å². The molecule has 0 aliphatic rings. The van der Waals surface area contributed by atoms with Gasteiger partial charge in [0.05, 0.1) is 0 Å². The molecule has 0 aromatic heterocycles. The van der Waals surface area contributed by atoms with Crippen molar-refractivity contribution in [3.05, 3.63) is 0 Å². The third kappa shape index (κ3) is 9.54. The highest BCUT2D eigenvalue weighted by Gasteiger charge is 2.05. The normalized spacial score (nSPS) is 8.50. The summed E-state index contributed by atoms with van der Waals surface area (Å²) < 4.78 is 0. The van der Waals surface area contributed by atoms with Gasteiger partial charge in [-0.25, -0.2) is 0 Å². The average Bonchev–Trinajstić information content (AvgIpc) is 1.30. The fourth-order valence-electron chi connectivity index (χ4n) is 0.375. The van der Waals surface area contributed by atoms with Crippen molar-refractivity contribution < 1.29 is 0 Å². The monoisotopic (exact) mass is 192 g/mol. The van der Waals surface area contributed by atoms with Gasteiger partial charge >= 0.3 is 0 Å². The molecule has 2 heteroatoms. The first kappa shape index (κ1) is 11.1. The molecule has 0 N–H and O–H groups in total. The van der Waals surface area contributed by atoms with Crippen molar-refractivity contribution in [2.45, 2.75) is 26.6 Å². The Hall–Kier alpha value is 0.257. The number of rotatable bonds is 0. The molecule has 0 unspecified atom stereocenters. The summed E-state index contributed by atoms with van der Waals surface area (Å²) in [5, 5.41) is 0. The van der Waals surface area contributed by atoms with Crippen molar-refractivity contribution in [1.29, 1.82) is 0 Å². The van der Waals surface area contributed by atoms with Crippen LogP contribution in [0.15, 0.2) is 0 Å². The SMILES string of the molecule is Br.CC#C[Si](C)(C)C. The van der Waals surface area contributed by atoms with Gasteiger partial charge in [0.2, 0.25) is 0 Å². The number of hydrogen-bond donors (Lipinski definition) is 0. The van der Waals surface area contributed by atoms with Gasteiger partial charge in [-0.2, -0.15) is 0 Å². The van der Waals surface area contributed by atoms with Crippen LogP contribution in [0.5, 0.6) is 0 Å². The zero-order chi connectivity index (χ0) is 5.91. The summed E-state index contributed by atoms with van der Waals surface area (Å²) in [7, 11) is -1.02. The molecule has 48 valence electrons. The van der Waals surface area contributed by atoms with Crippen LogP contribution in [0.1, 0.15) is 6.92 Å². The third-order valence-corrected chi connectivity index (χ3v) is 1.50. The summed E-state index contributed by atoms with van der Waals surface area (Å²) in [4.78, 5) is 0. The summed E-state index contributed by atoms with van der Waals surface area (Å²) >= 11 is 0. The lowest BCUT2D eigenvalue weighted by atomic mass is 10.8. The zero-order valence-corrected chi connectivity index (χ0v) is 8.62. The first-order valence-corrected chi connectivity index (χ1v) is 6.00. The number of hydrogen-bond acceptors (Lipinski definition) is 0. The minimum atomic E-state index is -1.02. The Morgan fingerprint density at radius 3 is 1.50 bits per heavy atom. The van der Waals surface area contributed by atoms with E-state index in [1.807, 2.05) is 6.92 Å². The maximum absolute atomic E-state index is 3.17. The third-order valence-electron chi connectivity index (χ3n) is 0.500. The van der Waals surface area contributed by atoms with Gasteiger partial charge in [0.15, 0.2) is 0 Å². The summed E-state index contributed by atoms with van der Waals surface area (Å²) in [6.07, 6.45) is 0. The molecule has 0 atom stereocenters. The Kier molecular flexibility index (Phi) is 5.79. The minimum absolute atomic E-state index is 0. The van der Waals surface area contributed by atoms with Crippen molar-refractivity contribution in [3.8, 4) is 11.5 Å². The Balaban J connectivity index is 0. The Labute approximate surface area is 63.5 Å². The maximum atomic E-state index is 3.17. The fourth-order valence-corrected chi connectivity index (χ4v) is 1.12. The van der Waals surface area contributed by atoms with Gasteiger partial charge in [-0.1, -0.05) is 19.6 Å². The lowest BCUT2D eigenvalue weighted by molar-refractivity contribution is 1.80. The Morgan fingerprint density at radius 2 is 1.50 bits per heavy atom. The van der Waals surface area contributed by atoms with Gasteiger partial charge in [0, 0.05) is 0 Å². The van der Waals surface area contributed by atoms with Crippen molar-refractivity contribution >= 4 is 25.1 Å². The molecule has 0 radical (unpaired) electrons. The van der Waals surface area contributed by atoms with Crippen molar-refractivity contribution in [1.82, 2.24) is 0 Å². The van der Waals surface area contributed by atoms with E-state index in [4.69, 9.17) is 0 Å². The molecular formula is C6H13BrSi. The average molecular weight is 193 g/mol. The molecule has 8 heavy (non-hydrogen) atoms. The van der Waals surface area contributed by atoms with Gasteiger partial charge < -0.3 is 0 Å². The van der Waals surface area contributed by atoms with Crippen LogP contribution in [0, 0.1) is 11.5 Å². The molecule has 0 bridgehead atoms. The lowest BCUT2D eigenvalue weighted by Gasteiger charge is -2.01. The summed E-state index contributed by atoms with van der Waals surface area (Å²) in [5.74, 6) is 2.92. The summed E-state index contributed by atoms with van der Waals surface area (Å²) in [6.45, 7) is 8.62. The molecule has 0 heterocycles. The molecule has 0 amide bonds. The highest BCUT2D eigenvalue weighted by molar-refractivity contribution is 8.93. The van der Waals surface area contributed by atoms with E-state index in [1.165, 1.54) is 0 Å². The minimum Gasteiger partial charge on any atom is -0.132 e. The molecule has 0 fully saturated rings. The van der Waals surface area contributed by atoms with Crippen LogP contribution in [0.2, 0.25) is 19.6 Å². The second-order valence-corrected chi connectivity index (χ2v) is 7.38. The molecule has 0 aliphatic carbocycles. The molecule has 0 nitrogen and oxygen atoms in total. The van der Waals surface area contributed by atoms with E-state index in [1.54, 1.807) is 0 Å². The lowest BCUT2D eigenvalue weighted by Crippen LogP contribution is -2.15. The van der Waals surface area contributed by atoms with Crippen LogP contribution in [-0.4, -0.2) is 8.07 Å². The van der Waals surface area contributed by atoms with Crippen LogP contribution in [0.3, 0.4) is 0 Å². The zero-order valence-electron chi connectivity index (χ0n) is 5.91. The van der Waals surface area contributed by atoms with Gasteiger partial charge in [-0.05, 0) is 6.92 Å². The fraction of sp³-hybridized carbons (Fsp3) is 0.667. The Bertz CT molecular complexity index is 102. The predicted molar refractivity (Wildman–Crippen MR) is 47.1 cm³/mol. The largest absolute Gasteiger partial charge is 0.132 e. The van der Waals surface area contributed by atoms with Gasteiger partial charge in [-0.15, -0.1) is 28.4 Å². The van der Waals surface area contributed by atoms with Crippen LogP contribution < -0.4 is 0 Å². The molecule has 0 aliphatic heterocycles. The van der Waals surface area contributed by atoms with E-state index in [0.717, 1.165) is 0 Å². The molecule has 0 rings (SSSR count). The van der Waals surface area contributed by atoms with Gasteiger partial charge in [0.25, 0.3) is 0 Å². The second-order valence-electron chi connectivity index (χ2n) is 2.62. The highest BCUT2D eigenvalue weighted by atomic mass is 79.9. The smallest absolute Gasteiger partial charge is 0.129 e. The van der Waals surface area contributed by atoms with Crippen LogP contribution >= 0.6 is 17.0 Å². The molecule has 0 saturated heterocycles. The molecule has 0 spiro atoms. The molecular weight excluding hydrogens is 180 g/mol. The quantitative estimate of drug-likeness (QED) is 0.409. The predicted octanol–water partition coefficient (Wildman–Crippen LogP) is 2.47. The van der Waals surface area contributed by atoms with E-state index in [2.05, 4.69) is 31.1 Å². The maximum Gasteiger partial charge on any atom is 0.129 e. The molecule has 0 saturated carbocycles. The first-order chi connectivity index (χ1) is 3.06. The van der Waals surface area contributed by atoms with Crippen LogP contribution in [0.4, 0.5) is 0 Å². The van der Waals surface area contributed by atoms with Crippen LogP contribution in [-0.2, 0) is 0 Å². The van der Waals surface area contributed by atoms with Crippen molar-refractivity contribution in [2.75, 3.05) is 0 Å². The topological polar surface area (TPSA) is 0 Å². The van der Waals surface area contributed by atoms with Crippen molar-refractivity contribution in [3.63, 3.8) is 0 Å². The van der Waals surface area contributed by atoms with E-state index >= 15 is 0 Å². The van der Waals surface area contributed by atoms with Gasteiger partial charge in [0.1, 0.15) is 8.07 Å². The molecule has 0 aromatic rings. The van der Waals surface area contributed by atoms with E-state index in [0.29, 0.717) is 0 Å². The standard InChI is InChI=1S/C6H12Si.BrH/c1-5-6-7(2,3)4;/h1-4H3;1H. The van der Waals surface area contributed by atoms with Crippen molar-refractivity contribution in [2.24, 2.45) is 0 Å².